The van der Waals surface area contributed by atoms with Crippen molar-refractivity contribution >= 4 is 15.7 Å². The fraction of sp³-hybridized carbons (Fsp3) is 0.917. The second kappa shape index (κ2) is 5.36. The van der Waals surface area contributed by atoms with Crippen LogP contribution >= 0.6 is 0 Å². The third kappa shape index (κ3) is 2.38. The molecule has 0 aromatic carbocycles. The van der Waals surface area contributed by atoms with E-state index in [0.29, 0.717) is 19.6 Å². The van der Waals surface area contributed by atoms with Crippen LogP contribution in [-0.4, -0.2) is 62.7 Å². The van der Waals surface area contributed by atoms with Crippen molar-refractivity contribution in [2.75, 3.05) is 38.7 Å². The van der Waals surface area contributed by atoms with Crippen molar-refractivity contribution in [2.45, 2.75) is 24.5 Å². The predicted octanol–water partition coefficient (Wildman–Crippen LogP) is 0.398. The molecule has 7 heteroatoms. The first-order valence-corrected chi connectivity index (χ1v) is 8.26. The summed E-state index contributed by atoms with van der Waals surface area (Å²) >= 11 is 0. The molecule has 2 saturated heterocycles. The van der Waals surface area contributed by atoms with Gasteiger partial charge >= 0.3 is 0 Å². The maximum atomic E-state index is 12.2. The van der Waals surface area contributed by atoms with Crippen molar-refractivity contribution in [3.8, 4) is 0 Å². The Morgan fingerprint density at radius 2 is 2.16 bits per heavy atom. The number of amides is 1. The van der Waals surface area contributed by atoms with E-state index in [9.17, 15) is 17.6 Å². The van der Waals surface area contributed by atoms with E-state index in [1.807, 2.05) is 6.92 Å². The number of carbonyl (C=O) groups is 1. The number of hydrogen-bond acceptors (Lipinski definition) is 4. The molecular weight excluding hydrogens is 273 g/mol. The van der Waals surface area contributed by atoms with Crippen LogP contribution in [0.1, 0.15) is 19.8 Å². The highest BCUT2D eigenvalue weighted by molar-refractivity contribution is 7.93. The highest BCUT2D eigenvalue weighted by Crippen LogP contribution is 2.44. The highest BCUT2D eigenvalue weighted by Gasteiger charge is 2.62. The van der Waals surface area contributed by atoms with Crippen LogP contribution in [0.5, 0.6) is 0 Å². The van der Waals surface area contributed by atoms with Gasteiger partial charge in [-0.2, -0.15) is 0 Å². The van der Waals surface area contributed by atoms with Gasteiger partial charge in [0.2, 0.25) is 5.91 Å². The summed E-state index contributed by atoms with van der Waals surface area (Å²) in [6, 6.07) is 0. The van der Waals surface area contributed by atoms with Crippen molar-refractivity contribution in [3.63, 3.8) is 0 Å². The third-order valence-corrected chi connectivity index (χ3v) is 6.80. The van der Waals surface area contributed by atoms with Crippen molar-refractivity contribution in [3.05, 3.63) is 0 Å². The standard InChI is InChI=1S/C12H20FNO4S/c1-2-18-7-10-4-6-19(16,17)12(10)8-14(9-12)11(15)3-5-13/h10H,2-9H2,1H3/t10-/m0/s1. The van der Waals surface area contributed by atoms with Gasteiger partial charge in [-0.05, 0) is 13.3 Å². The molecule has 0 N–H and O–H groups in total. The van der Waals surface area contributed by atoms with Gasteiger partial charge in [0.15, 0.2) is 9.84 Å². The van der Waals surface area contributed by atoms with E-state index in [1.165, 1.54) is 4.90 Å². The molecule has 19 heavy (non-hydrogen) atoms. The lowest BCUT2D eigenvalue weighted by atomic mass is 9.83. The molecule has 110 valence electrons. The van der Waals surface area contributed by atoms with Gasteiger partial charge in [-0.15, -0.1) is 0 Å². The van der Waals surface area contributed by atoms with E-state index in [1.54, 1.807) is 0 Å². The molecule has 0 aromatic heterocycles. The van der Waals surface area contributed by atoms with Crippen LogP contribution < -0.4 is 0 Å². The second-order valence-corrected chi connectivity index (χ2v) is 7.67. The van der Waals surface area contributed by atoms with E-state index >= 15 is 0 Å². The Morgan fingerprint density at radius 1 is 1.47 bits per heavy atom. The Kier molecular flexibility index (Phi) is 4.15. The third-order valence-electron chi connectivity index (χ3n) is 4.20. The lowest BCUT2D eigenvalue weighted by molar-refractivity contribution is -0.138. The van der Waals surface area contributed by atoms with Crippen LogP contribution in [0.25, 0.3) is 0 Å². The van der Waals surface area contributed by atoms with Crippen molar-refractivity contribution in [1.29, 1.82) is 0 Å². The van der Waals surface area contributed by atoms with E-state index in [4.69, 9.17) is 4.74 Å². The summed E-state index contributed by atoms with van der Waals surface area (Å²) in [4.78, 5) is 13.0. The largest absolute Gasteiger partial charge is 0.381 e. The number of likely N-dealkylation sites (tertiary alicyclic amines) is 1. The quantitative estimate of drug-likeness (QED) is 0.736. The van der Waals surface area contributed by atoms with Crippen molar-refractivity contribution in [1.82, 2.24) is 4.90 Å². The number of halogens is 1. The molecule has 5 nitrogen and oxygen atoms in total. The predicted molar refractivity (Wildman–Crippen MR) is 68.3 cm³/mol. The van der Waals surface area contributed by atoms with Gasteiger partial charge in [-0.3, -0.25) is 9.18 Å². The Balaban J connectivity index is 2.06. The van der Waals surface area contributed by atoms with E-state index < -0.39 is 21.3 Å². The zero-order valence-electron chi connectivity index (χ0n) is 11.1. The maximum Gasteiger partial charge on any atom is 0.225 e. The molecule has 2 aliphatic rings. The summed E-state index contributed by atoms with van der Waals surface area (Å²) in [5, 5.41) is 0. The first-order chi connectivity index (χ1) is 8.97. The Morgan fingerprint density at radius 3 is 2.74 bits per heavy atom. The molecule has 1 amide bonds. The Labute approximate surface area is 113 Å². The number of alkyl halides is 1. The van der Waals surface area contributed by atoms with Gasteiger partial charge in [0.25, 0.3) is 0 Å². The van der Waals surface area contributed by atoms with Crippen LogP contribution in [-0.2, 0) is 19.4 Å². The van der Waals surface area contributed by atoms with Gasteiger partial charge in [-0.25, -0.2) is 8.42 Å². The SMILES string of the molecule is CCOC[C@@H]1CCS(=O)(=O)C12CN(C(=O)CCF)C2. The number of hydrogen-bond donors (Lipinski definition) is 0. The van der Waals surface area contributed by atoms with Gasteiger partial charge in [0.1, 0.15) is 4.75 Å². The number of carbonyl (C=O) groups excluding carboxylic acids is 1. The van der Waals surface area contributed by atoms with Crippen molar-refractivity contribution in [2.24, 2.45) is 5.92 Å². The molecule has 2 fully saturated rings. The summed E-state index contributed by atoms with van der Waals surface area (Å²) in [7, 11) is -3.18. The van der Waals surface area contributed by atoms with E-state index in [2.05, 4.69) is 0 Å². The van der Waals surface area contributed by atoms with Crippen LogP contribution in [0.3, 0.4) is 0 Å². The van der Waals surface area contributed by atoms with Gasteiger partial charge in [0, 0.05) is 25.6 Å². The highest BCUT2D eigenvalue weighted by atomic mass is 32.2. The molecular formula is C12H20FNO4S. The second-order valence-electron chi connectivity index (χ2n) is 5.22. The topological polar surface area (TPSA) is 63.7 Å². The summed E-state index contributed by atoms with van der Waals surface area (Å²) in [6.07, 6.45) is 0.430. The van der Waals surface area contributed by atoms with Gasteiger partial charge < -0.3 is 9.64 Å². The number of nitrogens with zero attached hydrogens (tertiary/aromatic N) is 1. The number of rotatable bonds is 5. The molecule has 2 rings (SSSR count). The molecule has 2 heterocycles. The van der Waals surface area contributed by atoms with E-state index in [0.717, 1.165) is 0 Å². The van der Waals surface area contributed by atoms with Gasteiger partial charge in [-0.1, -0.05) is 0 Å². The molecule has 0 bridgehead atoms. The minimum Gasteiger partial charge on any atom is -0.381 e. The van der Waals surface area contributed by atoms with Crippen LogP contribution in [0.2, 0.25) is 0 Å². The average molecular weight is 293 g/mol. The maximum absolute atomic E-state index is 12.2. The monoisotopic (exact) mass is 293 g/mol. The van der Waals surface area contributed by atoms with E-state index in [-0.39, 0.29) is 37.1 Å². The lowest BCUT2D eigenvalue weighted by Crippen LogP contribution is -2.68. The van der Waals surface area contributed by atoms with Gasteiger partial charge in [0.05, 0.1) is 25.5 Å². The summed E-state index contributed by atoms with van der Waals surface area (Å²) in [5.41, 5.74) is 0. The molecule has 0 radical (unpaired) electrons. The van der Waals surface area contributed by atoms with Crippen LogP contribution in [0.4, 0.5) is 4.39 Å². The summed E-state index contributed by atoms with van der Waals surface area (Å²) in [6.45, 7) is 2.54. The minimum atomic E-state index is -3.18. The first-order valence-electron chi connectivity index (χ1n) is 6.60. The smallest absolute Gasteiger partial charge is 0.225 e. The number of ether oxygens (including phenoxy) is 1. The zero-order chi connectivity index (χ0) is 14.1. The molecule has 0 saturated carbocycles. The molecule has 0 aromatic rings. The lowest BCUT2D eigenvalue weighted by Gasteiger charge is -2.49. The number of sulfone groups is 1. The Hall–Kier alpha value is -0.690. The van der Waals surface area contributed by atoms with Crippen molar-refractivity contribution < 1.29 is 22.3 Å². The Bertz CT molecular complexity index is 445. The molecule has 0 aliphatic carbocycles. The fourth-order valence-corrected chi connectivity index (χ4v) is 5.38. The van der Waals surface area contributed by atoms with Crippen LogP contribution in [0, 0.1) is 5.92 Å². The molecule has 2 aliphatic heterocycles. The molecule has 0 unspecified atom stereocenters. The molecule has 1 atom stereocenters. The molecule has 1 spiro atoms. The zero-order valence-corrected chi connectivity index (χ0v) is 11.9. The first kappa shape index (κ1) is 14.7. The summed E-state index contributed by atoms with van der Waals surface area (Å²) in [5.74, 6) is -0.187. The minimum absolute atomic E-state index is 0.0492. The normalized spacial score (nSPS) is 27.5. The fourth-order valence-electron chi connectivity index (χ4n) is 2.98. The van der Waals surface area contributed by atoms with Crippen LogP contribution in [0.15, 0.2) is 0 Å². The average Bonchev–Trinajstić information content (AvgIpc) is 2.56. The summed E-state index contributed by atoms with van der Waals surface area (Å²) < 4.78 is 41.1.